The van der Waals surface area contributed by atoms with E-state index in [1.54, 1.807) is 12.1 Å². The Morgan fingerprint density at radius 2 is 1.81 bits per heavy atom. The third-order valence-corrected chi connectivity index (χ3v) is 8.00. The van der Waals surface area contributed by atoms with Crippen molar-refractivity contribution < 1.29 is 28.2 Å². The largest absolute Gasteiger partial charge is 0.486 e. The van der Waals surface area contributed by atoms with Gasteiger partial charge in [-0.05, 0) is 51.8 Å². The van der Waals surface area contributed by atoms with E-state index in [-0.39, 0.29) is 52.5 Å². The SMILES string of the molecule is CNC(=O)COc1cc2ncnc(Nc3ccc(Cl)c(Cl)c3F)c2cc1OC1C[C@H]2CC[C@@H](C1)N2C(=O)OC(C)(C)C. The summed E-state index contributed by atoms with van der Waals surface area (Å²) in [6, 6.07) is 6.26. The Kier molecular flexibility index (Phi) is 8.52. The van der Waals surface area contributed by atoms with Crippen LogP contribution in [0.1, 0.15) is 46.5 Å². The van der Waals surface area contributed by atoms with Crippen molar-refractivity contribution in [3.05, 3.63) is 46.5 Å². The summed E-state index contributed by atoms with van der Waals surface area (Å²) < 4.78 is 32.8. The summed E-state index contributed by atoms with van der Waals surface area (Å²) in [5.74, 6) is -0.0396. The molecule has 10 nitrogen and oxygen atoms in total. The van der Waals surface area contributed by atoms with Crippen LogP contribution in [0.4, 0.5) is 20.7 Å². The number of amides is 2. The molecule has 42 heavy (non-hydrogen) atoms. The monoisotopic (exact) mass is 619 g/mol. The van der Waals surface area contributed by atoms with E-state index in [9.17, 15) is 14.0 Å². The predicted molar refractivity (Wildman–Crippen MR) is 157 cm³/mol. The molecule has 1 unspecified atom stereocenters. The number of anilines is 2. The van der Waals surface area contributed by atoms with Gasteiger partial charge < -0.3 is 29.7 Å². The summed E-state index contributed by atoms with van der Waals surface area (Å²) in [7, 11) is 1.52. The molecule has 0 aliphatic carbocycles. The lowest BCUT2D eigenvalue weighted by Gasteiger charge is -2.39. The number of nitrogens with one attached hydrogen (secondary N) is 2. The van der Waals surface area contributed by atoms with Gasteiger partial charge in [0.05, 0.1) is 21.2 Å². The summed E-state index contributed by atoms with van der Waals surface area (Å²) in [5.41, 5.74) is -0.0231. The van der Waals surface area contributed by atoms with Crippen molar-refractivity contribution in [3.8, 4) is 11.5 Å². The van der Waals surface area contributed by atoms with Crippen molar-refractivity contribution in [1.29, 1.82) is 0 Å². The average Bonchev–Trinajstić information content (AvgIpc) is 3.21. The molecule has 2 amide bonds. The summed E-state index contributed by atoms with van der Waals surface area (Å²) in [5, 5.41) is 5.91. The maximum absolute atomic E-state index is 14.8. The van der Waals surface area contributed by atoms with Gasteiger partial charge in [-0.2, -0.15) is 0 Å². The molecule has 2 fully saturated rings. The molecule has 2 aromatic carbocycles. The molecule has 224 valence electrons. The minimum Gasteiger partial charge on any atom is -0.486 e. The maximum Gasteiger partial charge on any atom is 0.410 e. The van der Waals surface area contributed by atoms with Crippen molar-refractivity contribution >= 4 is 57.6 Å². The number of fused-ring (bicyclic) bond motifs is 3. The number of hydrogen-bond donors (Lipinski definition) is 2. The first-order valence-corrected chi connectivity index (χ1v) is 14.4. The number of carbonyl (C=O) groups is 2. The summed E-state index contributed by atoms with van der Waals surface area (Å²) in [4.78, 5) is 35.4. The van der Waals surface area contributed by atoms with E-state index >= 15 is 0 Å². The highest BCUT2D eigenvalue weighted by Crippen LogP contribution is 2.42. The summed E-state index contributed by atoms with van der Waals surface area (Å²) in [6.45, 7) is 5.33. The molecular weight excluding hydrogens is 588 g/mol. The van der Waals surface area contributed by atoms with Crippen LogP contribution in [-0.2, 0) is 9.53 Å². The molecule has 2 bridgehead atoms. The van der Waals surface area contributed by atoms with E-state index in [1.165, 1.54) is 25.5 Å². The summed E-state index contributed by atoms with van der Waals surface area (Å²) >= 11 is 11.9. The van der Waals surface area contributed by atoms with Crippen molar-refractivity contribution in [3.63, 3.8) is 0 Å². The zero-order valence-electron chi connectivity index (χ0n) is 23.7. The number of hydrogen-bond acceptors (Lipinski definition) is 8. The van der Waals surface area contributed by atoms with E-state index in [2.05, 4.69) is 20.6 Å². The Morgan fingerprint density at radius 3 is 2.48 bits per heavy atom. The van der Waals surface area contributed by atoms with Crippen LogP contribution in [0.3, 0.4) is 0 Å². The molecule has 2 aliphatic rings. The molecule has 1 aromatic heterocycles. The molecule has 5 rings (SSSR count). The van der Waals surface area contributed by atoms with Gasteiger partial charge in [0.1, 0.15) is 23.9 Å². The highest BCUT2D eigenvalue weighted by Gasteiger charge is 2.45. The third kappa shape index (κ3) is 6.42. The maximum atomic E-state index is 14.8. The Bertz CT molecular complexity index is 1500. The molecule has 0 radical (unpaired) electrons. The standard InChI is InChI=1S/C29H32Cl2FN5O5/c1-29(2,3)42-28(39)37-15-5-6-16(37)10-17(9-15)41-23-11-18-21(12-22(23)40-13-24(38)33-4)34-14-35-27(18)36-20-8-7-19(30)25(31)26(20)32/h7-8,11-12,14-17H,5-6,9-10,13H2,1-4H3,(H,33,38)(H,34,35,36)/t15-,16+,17?. The highest BCUT2D eigenvalue weighted by atomic mass is 35.5. The normalized spacial score (nSPS) is 19.9. The van der Waals surface area contributed by atoms with Gasteiger partial charge in [0.25, 0.3) is 5.91 Å². The first kappa shape index (κ1) is 29.9. The van der Waals surface area contributed by atoms with Crippen molar-refractivity contribution in [2.75, 3.05) is 19.0 Å². The van der Waals surface area contributed by atoms with Crippen molar-refractivity contribution in [2.24, 2.45) is 0 Å². The fraction of sp³-hybridized carbons (Fsp3) is 0.448. The number of nitrogens with zero attached hydrogens (tertiary/aromatic N) is 3. The van der Waals surface area contributed by atoms with Gasteiger partial charge >= 0.3 is 6.09 Å². The third-order valence-electron chi connectivity index (χ3n) is 7.21. The average molecular weight is 621 g/mol. The molecule has 2 N–H and O–H groups in total. The number of likely N-dealkylation sites (N-methyl/N-ethyl adjacent to an activating group) is 1. The highest BCUT2D eigenvalue weighted by molar-refractivity contribution is 6.42. The van der Waals surface area contributed by atoms with Crippen molar-refractivity contribution in [1.82, 2.24) is 20.2 Å². The topological polar surface area (TPSA) is 115 Å². The number of aromatic nitrogens is 2. The van der Waals surface area contributed by atoms with Crippen LogP contribution < -0.4 is 20.1 Å². The Balaban J connectivity index is 1.44. The molecule has 3 heterocycles. The summed E-state index contributed by atoms with van der Waals surface area (Å²) in [6.07, 6.45) is 3.72. The Hall–Kier alpha value is -3.57. The molecule has 0 saturated carbocycles. The van der Waals surface area contributed by atoms with E-state index in [1.807, 2.05) is 25.7 Å². The van der Waals surface area contributed by atoms with Crippen LogP contribution in [0.25, 0.3) is 10.9 Å². The van der Waals surface area contributed by atoms with Crippen LogP contribution in [0.2, 0.25) is 10.0 Å². The first-order valence-electron chi connectivity index (χ1n) is 13.6. The van der Waals surface area contributed by atoms with E-state index in [4.69, 9.17) is 37.4 Å². The van der Waals surface area contributed by atoms with Crippen LogP contribution in [0.15, 0.2) is 30.6 Å². The number of ether oxygens (including phenoxy) is 3. The van der Waals surface area contributed by atoms with Crippen LogP contribution in [-0.4, -0.2) is 64.3 Å². The fourth-order valence-electron chi connectivity index (χ4n) is 5.35. The van der Waals surface area contributed by atoms with Gasteiger partial charge in [0, 0.05) is 43.4 Å². The van der Waals surface area contributed by atoms with Gasteiger partial charge in [0.2, 0.25) is 0 Å². The quantitative estimate of drug-likeness (QED) is 0.298. The zero-order chi connectivity index (χ0) is 30.2. The molecule has 3 aromatic rings. The Morgan fingerprint density at radius 1 is 1.10 bits per heavy atom. The van der Waals surface area contributed by atoms with E-state index in [0.717, 1.165) is 12.8 Å². The molecule has 3 atom stereocenters. The Labute approximate surface area is 252 Å². The van der Waals surface area contributed by atoms with Crippen LogP contribution in [0, 0.1) is 5.82 Å². The molecular formula is C29H32Cl2FN5O5. The van der Waals surface area contributed by atoms with Gasteiger partial charge in [-0.3, -0.25) is 4.79 Å². The number of halogens is 3. The minimum atomic E-state index is -0.717. The molecule has 2 aliphatic heterocycles. The van der Waals surface area contributed by atoms with Crippen molar-refractivity contribution in [2.45, 2.75) is 70.2 Å². The van der Waals surface area contributed by atoms with E-state index < -0.39 is 11.4 Å². The number of rotatable bonds is 7. The second-order valence-electron chi connectivity index (χ2n) is 11.3. The van der Waals surface area contributed by atoms with E-state index in [0.29, 0.717) is 41.1 Å². The predicted octanol–water partition coefficient (Wildman–Crippen LogP) is 6.25. The second kappa shape index (κ2) is 12.0. The lowest BCUT2D eigenvalue weighted by molar-refractivity contribution is -0.122. The van der Waals surface area contributed by atoms with Gasteiger partial charge in [-0.1, -0.05) is 23.2 Å². The number of benzene rings is 2. The minimum absolute atomic E-state index is 0.0162. The second-order valence-corrected chi connectivity index (χ2v) is 12.1. The van der Waals surface area contributed by atoms with Gasteiger partial charge in [0.15, 0.2) is 23.9 Å². The lowest BCUT2D eigenvalue weighted by atomic mass is 10.00. The van der Waals surface area contributed by atoms with Gasteiger partial charge in [-0.15, -0.1) is 0 Å². The smallest absolute Gasteiger partial charge is 0.410 e. The van der Waals surface area contributed by atoms with Crippen LogP contribution in [0.5, 0.6) is 11.5 Å². The molecule has 2 saturated heterocycles. The number of piperidine rings is 1. The first-order chi connectivity index (χ1) is 19.9. The zero-order valence-corrected chi connectivity index (χ0v) is 25.2. The molecule has 13 heteroatoms. The fourth-order valence-corrected chi connectivity index (χ4v) is 5.66. The lowest BCUT2D eigenvalue weighted by Crippen LogP contribution is -2.50. The van der Waals surface area contributed by atoms with Gasteiger partial charge in [-0.25, -0.2) is 19.2 Å². The van der Waals surface area contributed by atoms with Crippen LogP contribution >= 0.6 is 23.2 Å². The number of carbonyl (C=O) groups excluding carboxylic acids is 2. The molecule has 0 spiro atoms.